The van der Waals surface area contributed by atoms with E-state index in [1.807, 2.05) is 13.1 Å². The van der Waals surface area contributed by atoms with Gasteiger partial charge in [-0.2, -0.15) is 0 Å². The van der Waals surface area contributed by atoms with E-state index >= 15 is 0 Å². The first-order valence-corrected chi connectivity index (χ1v) is 5.62. The Hall–Kier alpha value is -1.39. The van der Waals surface area contributed by atoms with E-state index in [2.05, 4.69) is 27.4 Å². The molecule has 0 aliphatic heterocycles. The molecular formula is C12H16N4. The molecule has 1 heterocycles. The SMILES string of the molecule is CNC(c1ccc2nc[nH]c2c1)C1(N)CC1. The summed E-state index contributed by atoms with van der Waals surface area (Å²) in [5.74, 6) is 0. The van der Waals surface area contributed by atoms with E-state index in [1.54, 1.807) is 6.33 Å². The topological polar surface area (TPSA) is 66.7 Å². The van der Waals surface area contributed by atoms with E-state index in [4.69, 9.17) is 5.73 Å². The number of H-pyrrole nitrogens is 1. The molecule has 0 amide bonds. The summed E-state index contributed by atoms with van der Waals surface area (Å²) in [6, 6.07) is 6.52. The highest BCUT2D eigenvalue weighted by atomic mass is 15.0. The molecule has 1 unspecified atom stereocenters. The van der Waals surface area contributed by atoms with Crippen molar-refractivity contribution >= 4 is 11.0 Å². The van der Waals surface area contributed by atoms with Crippen LogP contribution in [0.4, 0.5) is 0 Å². The second-order valence-electron chi connectivity index (χ2n) is 4.63. The summed E-state index contributed by atoms with van der Waals surface area (Å²) in [6.45, 7) is 0. The number of rotatable bonds is 3. The Morgan fingerprint density at radius 3 is 3.00 bits per heavy atom. The zero-order chi connectivity index (χ0) is 11.2. The van der Waals surface area contributed by atoms with E-state index in [0.717, 1.165) is 23.9 Å². The number of hydrogen-bond acceptors (Lipinski definition) is 3. The quantitative estimate of drug-likeness (QED) is 0.724. The first kappa shape index (κ1) is 9.81. The standard InChI is InChI=1S/C12H16N4/c1-14-11(12(13)4-5-12)8-2-3-9-10(6-8)16-7-15-9/h2-3,6-7,11,14H,4-5,13H2,1H3,(H,15,16). The van der Waals surface area contributed by atoms with Gasteiger partial charge in [0.15, 0.2) is 0 Å². The van der Waals surface area contributed by atoms with E-state index < -0.39 is 0 Å². The molecule has 1 atom stereocenters. The molecule has 0 radical (unpaired) electrons. The summed E-state index contributed by atoms with van der Waals surface area (Å²) in [6.07, 6.45) is 3.91. The molecule has 16 heavy (non-hydrogen) atoms. The lowest BCUT2D eigenvalue weighted by atomic mass is 9.97. The van der Waals surface area contributed by atoms with Gasteiger partial charge < -0.3 is 16.0 Å². The average Bonchev–Trinajstić information content (AvgIpc) is 2.86. The maximum atomic E-state index is 6.26. The van der Waals surface area contributed by atoms with Gasteiger partial charge in [-0.15, -0.1) is 0 Å². The smallest absolute Gasteiger partial charge is 0.0931 e. The maximum absolute atomic E-state index is 6.26. The van der Waals surface area contributed by atoms with Crippen molar-refractivity contribution in [1.29, 1.82) is 0 Å². The number of aromatic nitrogens is 2. The highest BCUT2D eigenvalue weighted by molar-refractivity contribution is 5.75. The molecule has 1 saturated carbocycles. The van der Waals surface area contributed by atoms with Crippen molar-refractivity contribution in [3.63, 3.8) is 0 Å². The second kappa shape index (κ2) is 3.30. The number of aromatic amines is 1. The number of hydrogen-bond donors (Lipinski definition) is 3. The molecule has 4 nitrogen and oxygen atoms in total. The highest BCUT2D eigenvalue weighted by Gasteiger charge is 2.45. The monoisotopic (exact) mass is 216 g/mol. The summed E-state index contributed by atoms with van der Waals surface area (Å²) < 4.78 is 0. The molecule has 1 aromatic carbocycles. The van der Waals surface area contributed by atoms with Gasteiger partial charge in [-0.05, 0) is 37.6 Å². The Kier molecular flexibility index (Phi) is 2.02. The minimum absolute atomic E-state index is 0.0531. The van der Waals surface area contributed by atoms with Crippen molar-refractivity contribution in [2.75, 3.05) is 7.05 Å². The fourth-order valence-electron chi connectivity index (χ4n) is 2.35. The first-order chi connectivity index (χ1) is 7.73. The summed E-state index contributed by atoms with van der Waals surface area (Å²) in [4.78, 5) is 7.35. The van der Waals surface area contributed by atoms with Crippen LogP contribution in [0.1, 0.15) is 24.4 Å². The van der Waals surface area contributed by atoms with Crippen molar-refractivity contribution in [3.8, 4) is 0 Å². The predicted octanol–water partition coefficient (Wildman–Crippen LogP) is 1.31. The van der Waals surface area contributed by atoms with Gasteiger partial charge in [-0.3, -0.25) is 0 Å². The second-order valence-corrected chi connectivity index (χ2v) is 4.63. The Balaban J connectivity index is 2.03. The van der Waals surface area contributed by atoms with Crippen LogP contribution >= 0.6 is 0 Å². The highest BCUT2D eigenvalue weighted by Crippen LogP contribution is 2.43. The summed E-state index contributed by atoms with van der Waals surface area (Å²) >= 11 is 0. The van der Waals surface area contributed by atoms with Gasteiger partial charge in [-0.25, -0.2) is 4.98 Å². The van der Waals surface area contributed by atoms with Gasteiger partial charge in [0.2, 0.25) is 0 Å². The van der Waals surface area contributed by atoms with Crippen LogP contribution in [0.2, 0.25) is 0 Å². The van der Waals surface area contributed by atoms with E-state index in [9.17, 15) is 0 Å². The number of nitrogens with zero attached hydrogens (tertiary/aromatic N) is 1. The molecule has 0 bridgehead atoms. The molecule has 0 saturated heterocycles. The molecule has 4 N–H and O–H groups in total. The lowest BCUT2D eigenvalue weighted by Crippen LogP contribution is -2.38. The van der Waals surface area contributed by atoms with E-state index in [0.29, 0.717) is 0 Å². The number of imidazole rings is 1. The average molecular weight is 216 g/mol. The van der Waals surface area contributed by atoms with Gasteiger partial charge in [0.1, 0.15) is 0 Å². The van der Waals surface area contributed by atoms with Crippen molar-refractivity contribution < 1.29 is 0 Å². The van der Waals surface area contributed by atoms with Crippen LogP contribution in [0.15, 0.2) is 24.5 Å². The number of nitrogens with two attached hydrogens (primary N) is 1. The Morgan fingerprint density at radius 2 is 2.31 bits per heavy atom. The largest absolute Gasteiger partial charge is 0.345 e. The molecule has 2 aromatic rings. The van der Waals surface area contributed by atoms with Crippen LogP contribution in [0.25, 0.3) is 11.0 Å². The Labute approximate surface area is 94.3 Å². The summed E-state index contributed by atoms with van der Waals surface area (Å²) in [7, 11) is 1.97. The third-order valence-electron chi connectivity index (χ3n) is 3.47. The van der Waals surface area contributed by atoms with Crippen LogP contribution in [0, 0.1) is 0 Å². The van der Waals surface area contributed by atoms with Crippen molar-refractivity contribution in [3.05, 3.63) is 30.1 Å². The fraction of sp³-hybridized carbons (Fsp3) is 0.417. The van der Waals surface area contributed by atoms with Gasteiger partial charge in [-0.1, -0.05) is 6.07 Å². The van der Waals surface area contributed by atoms with Gasteiger partial charge in [0, 0.05) is 5.54 Å². The lowest BCUT2D eigenvalue weighted by molar-refractivity contribution is 0.462. The van der Waals surface area contributed by atoms with Gasteiger partial charge >= 0.3 is 0 Å². The molecule has 3 rings (SSSR count). The molecule has 1 aliphatic carbocycles. The first-order valence-electron chi connectivity index (χ1n) is 5.62. The summed E-state index contributed by atoms with van der Waals surface area (Å²) in [5.41, 5.74) is 9.52. The molecule has 0 spiro atoms. The zero-order valence-electron chi connectivity index (χ0n) is 9.33. The van der Waals surface area contributed by atoms with Crippen LogP contribution < -0.4 is 11.1 Å². The van der Waals surface area contributed by atoms with Gasteiger partial charge in [0.05, 0.1) is 23.4 Å². The molecule has 1 fully saturated rings. The fourth-order valence-corrected chi connectivity index (χ4v) is 2.35. The minimum atomic E-state index is -0.0531. The number of nitrogens with one attached hydrogen (secondary N) is 2. The molecule has 84 valence electrons. The van der Waals surface area contributed by atoms with Crippen LogP contribution in [-0.2, 0) is 0 Å². The lowest BCUT2D eigenvalue weighted by Gasteiger charge is -2.23. The molecular weight excluding hydrogens is 200 g/mol. The van der Waals surface area contributed by atoms with Crippen molar-refractivity contribution in [2.24, 2.45) is 5.73 Å². The van der Waals surface area contributed by atoms with Gasteiger partial charge in [0.25, 0.3) is 0 Å². The third-order valence-corrected chi connectivity index (χ3v) is 3.47. The normalized spacial score (nSPS) is 19.9. The van der Waals surface area contributed by atoms with Crippen molar-refractivity contribution in [1.82, 2.24) is 15.3 Å². The van der Waals surface area contributed by atoms with Crippen LogP contribution in [-0.4, -0.2) is 22.6 Å². The zero-order valence-corrected chi connectivity index (χ0v) is 9.33. The van der Waals surface area contributed by atoms with Crippen LogP contribution in [0.5, 0.6) is 0 Å². The maximum Gasteiger partial charge on any atom is 0.0931 e. The van der Waals surface area contributed by atoms with E-state index in [1.165, 1.54) is 5.56 Å². The third kappa shape index (κ3) is 1.42. The van der Waals surface area contributed by atoms with E-state index in [-0.39, 0.29) is 11.6 Å². The Morgan fingerprint density at radius 1 is 1.50 bits per heavy atom. The van der Waals surface area contributed by atoms with Crippen molar-refractivity contribution in [2.45, 2.75) is 24.4 Å². The minimum Gasteiger partial charge on any atom is -0.345 e. The summed E-state index contributed by atoms with van der Waals surface area (Å²) in [5, 5.41) is 3.32. The number of benzene rings is 1. The Bertz CT molecular complexity index is 512. The molecule has 1 aliphatic rings. The predicted molar refractivity (Wildman–Crippen MR) is 64.0 cm³/mol. The number of likely N-dealkylation sites (N-methyl/N-ethyl adjacent to an activating group) is 1. The molecule has 4 heteroatoms. The molecule has 1 aromatic heterocycles. The van der Waals surface area contributed by atoms with Crippen LogP contribution in [0.3, 0.4) is 0 Å². The number of fused-ring (bicyclic) bond motifs is 1.